The van der Waals surface area contributed by atoms with E-state index in [4.69, 9.17) is 5.73 Å². The molecule has 0 atom stereocenters. The molecule has 20 heavy (non-hydrogen) atoms. The van der Waals surface area contributed by atoms with Crippen LogP contribution in [0.15, 0.2) is 24.3 Å². The van der Waals surface area contributed by atoms with Crippen molar-refractivity contribution in [2.24, 2.45) is 0 Å². The second-order valence-electron chi connectivity index (χ2n) is 4.97. The Kier molecular flexibility index (Phi) is 3.36. The molecule has 1 aromatic carbocycles. The smallest absolute Gasteiger partial charge is 0.251 e. The van der Waals surface area contributed by atoms with Crippen LogP contribution in [0.1, 0.15) is 32.1 Å². The number of anilines is 1. The number of carbonyl (C=O) groups excluding carboxylic acids is 1. The molecular formula is C15H16N2O2S. The topological polar surface area (TPSA) is 75.4 Å². The van der Waals surface area contributed by atoms with Gasteiger partial charge in [-0.25, -0.2) is 0 Å². The number of phenols is 1. The van der Waals surface area contributed by atoms with E-state index >= 15 is 0 Å². The molecule has 4 N–H and O–H groups in total. The number of nitrogen functional groups attached to an aromatic ring is 1. The Bertz CT molecular complexity index is 642. The van der Waals surface area contributed by atoms with Crippen LogP contribution in [0.3, 0.4) is 0 Å². The molecule has 1 amide bonds. The number of nitrogens with two attached hydrogens (primary N) is 1. The number of aromatic hydroxyl groups is 1. The van der Waals surface area contributed by atoms with Gasteiger partial charge in [-0.3, -0.25) is 4.79 Å². The highest BCUT2D eigenvalue weighted by atomic mass is 32.1. The first kappa shape index (κ1) is 13.0. The predicted octanol–water partition coefficient (Wildman–Crippen LogP) is 2.45. The van der Waals surface area contributed by atoms with E-state index in [1.807, 2.05) is 0 Å². The van der Waals surface area contributed by atoms with E-state index in [1.165, 1.54) is 40.3 Å². The van der Waals surface area contributed by atoms with Gasteiger partial charge in [0.15, 0.2) is 0 Å². The molecule has 1 aliphatic rings. The quantitative estimate of drug-likeness (QED) is 0.600. The summed E-state index contributed by atoms with van der Waals surface area (Å²) in [6.07, 6.45) is 3.57. The monoisotopic (exact) mass is 288 g/mol. The lowest BCUT2D eigenvalue weighted by Crippen LogP contribution is -2.22. The van der Waals surface area contributed by atoms with E-state index < -0.39 is 0 Å². The fourth-order valence-electron chi connectivity index (χ4n) is 2.43. The summed E-state index contributed by atoms with van der Waals surface area (Å²) in [4.78, 5) is 14.6. The lowest BCUT2D eigenvalue weighted by Gasteiger charge is -2.05. The molecular weight excluding hydrogens is 272 g/mol. The lowest BCUT2D eigenvalue weighted by molar-refractivity contribution is 0.0951. The van der Waals surface area contributed by atoms with Gasteiger partial charge in [-0.15, -0.1) is 11.3 Å². The molecule has 1 heterocycles. The van der Waals surface area contributed by atoms with Crippen molar-refractivity contribution in [1.82, 2.24) is 5.32 Å². The summed E-state index contributed by atoms with van der Waals surface area (Å²) in [6.45, 7) is 0.529. The van der Waals surface area contributed by atoms with Crippen molar-refractivity contribution in [2.45, 2.75) is 25.8 Å². The third-order valence-corrected chi connectivity index (χ3v) is 4.75. The summed E-state index contributed by atoms with van der Waals surface area (Å²) in [5.41, 5.74) is 7.64. The van der Waals surface area contributed by atoms with Crippen LogP contribution >= 0.6 is 11.3 Å². The number of amides is 1. The minimum absolute atomic E-state index is 0.0623. The Morgan fingerprint density at radius 1 is 1.35 bits per heavy atom. The number of rotatable bonds is 3. The Hall–Kier alpha value is -2.01. The minimum Gasteiger partial charge on any atom is -0.506 e. The van der Waals surface area contributed by atoms with E-state index in [9.17, 15) is 9.90 Å². The van der Waals surface area contributed by atoms with Crippen molar-refractivity contribution >= 4 is 22.9 Å². The number of aryl methyl sites for hydroxylation is 2. The van der Waals surface area contributed by atoms with Gasteiger partial charge in [0.1, 0.15) is 5.75 Å². The molecule has 5 heteroatoms. The minimum atomic E-state index is -0.200. The standard InChI is InChI=1S/C15H16N2O2S/c16-12-5-4-10(7-13(12)18)15(19)17-8-11-6-9-2-1-3-14(9)20-11/h4-7,18H,1-3,8,16H2,(H,17,19). The number of hydrogen-bond acceptors (Lipinski definition) is 4. The van der Waals surface area contributed by atoms with Gasteiger partial charge >= 0.3 is 0 Å². The second kappa shape index (κ2) is 5.17. The largest absolute Gasteiger partial charge is 0.506 e. The number of phenolic OH excluding ortho intramolecular Hbond substituents is 1. The first-order chi connectivity index (χ1) is 9.63. The Balaban J connectivity index is 1.65. The Morgan fingerprint density at radius 2 is 2.20 bits per heavy atom. The van der Waals surface area contributed by atoms with Crippen molar-refractivity contribution in [2.75, 3.05) is 5.73 Å². The van der Waals surface area contributed by atoms with Crippen LogP contribution in [0.4, 0.5) is 5.69 Å². The van der Waals surface area contributed by atoms with E-state index in [-0.39, 0.29) is 17.3 Å². The molecule has 0 saturated carbocycles. The molecule has 3 rings (SSSR count). The summed E-state index contributed by atoms with van der Waals surface area (Å²) in [5.74, 6) is -0.262. The van der Waals surface area contributed by atoms with Crippen LogP contribution in [0.2, 0.25) is 0 Å². The molecule has 0 spiro atoms. The van der Waals surface area contributed by atoms with Crippen molar-refractivity contribution in [3.05, 3.63) is 45.1 Å². The maximum absolute atomic E-state index is 12.0. The molecule has 2 aromatic rings. The molecule has 0 saturated heterocycles. The van der Waals surface area contributed by atoms with E-state index in [1.54, 1.807) is 17.4 Å². The molecule has 0 radical (unpaired) electrons. The number of benzene rings is 1. The van der Waals surface area contributed by atoms with Crippen molar-refractivity contribution in [3.63, 3.8) is 0 Å². The molecule has 1 aromatic heterocycles. The summed E-state index contributed by atoms with van der Waals surface area (Å²) in [7, 11) is 0. The Labute approximate surface area is 121 Å². The van der Waals surface area contributed by atoms with Crippen LogP contribution < -0.4 is 11.1 Å². The highest BCUT2D eigenvalue weighted by Crippen LogP contribution is 2.30. The van der Waals surface area contributed by atoms with Gasteiger partial charge in [-0.1, -0.05) is 0 Å². The first-order valence-electron chi connectivity index (χ1n) is 6.60. The second-order valence-corrected chi connectivity index (χ2v) is 6.19. The van der Waals surface area contributed by atoms with Gasteiger partial charge < -0.3 is 16.2 Å². The van der Waals surface area contributed by atoms with Gasteiger partial charge in [-0.05, 0) is 49.1 Å². The van der Waals surface area contributed by atoms with Crippen LogP contribution in [-0.2, 0) is 19.4 Å². The first-order valence-corrected chi connectivity index (χ1v) is 7.42. The average molecular weight is 288 g/mol. The zero-order chi connectivity index (χ0) is 14.1. The fraction of sp³-hybridized carbons (Fsp3) is 0.267. The van der Waals surface area contributed by atoms with E-state index in [0.29, 0.717) is 12.1 Å². The fourth-order valence-corrected chi connectivity index (χ4v) is 3.63. The van der Waals surface area contributed by atoms with Gasteiger partial charge in [0, 0.05) is 15.3 Å². The number of fused-ring (bicyclic) bond motifs is 1. The number of nitrogens with one attached hydrogen (secondary N) is 1. The SMILES string of the molecule is Nc1ccc(C(=O)NCc2cc3c(s2)CCC3)cc1O. The van der Waals surface area contributed by atoms with E-state index in [0.717, 1.165) is 6.42 Å². The zero-order valence-electron chi connectivity index (χ0n) is 11.0. The van der Waals surface area contributed by atoms with Crippen LogP contribution in [-0.4, -0.2) is 11.0 Å². The highest BCUT2D eigenvalue weighted by molar-refractivity contribution is 7.12. The third kappa shape index (κ3) is 2.49. The summed E-state index contributed by atoms with van der Waals surface area (Å²) >= 11 is 1.78. The van der Waals surface area contributed by atoms with Crippen molar-refractivity contribution < 1.29 is 9.90 Å². The van der Waals surface area contributed by atoms with Crippen LogP contribution in [0.5, 0.6) is 5.75 Å². The molecule has 0 fully saturated rings. The van der Waals surface area contributed by atoms with E-state index in [2.05, 4.69) is 11.4 Å². The molecule has 0 unspecified atom stereocenters. The number of hydrogen-bond donors (Lipinski definition) is 3. The van der Waals surface area contributed by atoms with Gasteiger partial charge in [0.25, 0.3) is 5.91 Å². The van der Waals surface area contributed by atoms with Crippen LogP contribution in [0, 0.1) is 0 Å². The average Bonchev–Trinajstić information content (AvgIpc) is 3.00. The number of thiophene rings is 1. The molecule has 0 bridgehead atoms. The van der Waals surface area contributed by atoms with Gasteiger partial charge in [-0.2, -0.15) is 0 Å². The maximum Gasteiger partial charge on any atom is 0.251 e. The highest BCUT2D eigenvalue weighted by Gasteiger charge is 2.15. The zero-order valence-corrected chi connectivity index (χ0v) is 11.8. The predicted molar refractivity (Wildman–Crippen MR) is 80.0 cm³/mol. The molecule has 1 aliphatic carbocycles. The number of carbonyl (C=O) groups is 1. The lowest BCUT2D eigenvalue weighted by atomic mass is 10.2. The maximum atomic E-state index is 12.0. The molecule has 4 nitrogen and oxygen atoms in total. The molecule has 104 valence electrons. The van der Waals surface area contributed by atoms with Crippen LogP contribution in [0.25, 0.3) is 0 Å². The Morgan fingerprint density at radius 3 is 2.95 bits per heavy atom. The summed E-state index contributed by atoms with van der Waals surface area (Å²) < 4.78 is 0. The summed E-state index contributed by atoms with van der Waals surface area (Å²) in [6, 6.07) is 6.72. The van der Waals surface area contributed by atoms with Gasteiger partial charge in [0.05, 0.1) is 12.2 Å². The van der Waals surface area contributed by atoms with Crippen molar-refractivity contribution in [3.8, 4) is 5.75 Å². The third-order valence-electron chi connectivity index (χ3n) is 3.51. The molecule has 0 aliphatic heterocycles. The summed E-state index contributed by atoms with van der Waals surface area (Å²) in [5, 5.41) is 12.4. The van der Waals surface area contributed by atoms with Crippen molar-refractivity contribution in [1.29, 1.82) is 0 Å². The van der Waals surface area contributed by atoms with Gasteiger partial charge in [0.2, 0.25) is 0 Å². The normalized spacial score (nSPS) is 13.2.